The van der Waals surface area contributed by atoms with Gasteiger partial charge in [0.2, 0.25) is 0 Å². The van der Waals surface area contributed by atoms with Crippen molar-refractivity contribution in [3.05, 3.63) is 10.6 Å². The zero-order chi connectivity index (χ0) is 8.15. The van der Waals surface area contributed by atoms with E-state index in [4.69, 9.17) is 23.2 Å². The Morgan fingerprint density at radius 1 is 1.50 bits per heavy atom. The summed E-state index contributed by atoms with van der Waals surface area (Å²) in [7, 11) is 0. The minimum atomic E-state index is -0.519. The predicted molar refractivity (Wildman–Crippen MR) is 41.0 cm³/mol. The van der Waals surface area contributed by atoms with Crippen LogP contribution >= 0.6 is 23.2 Å². The summed E-state index contributed by atoms with van der Waals surface area (Å²) in [4.78, 5) is 10.6. The Balaban J connectivity index is 3.76. The maximum Gasteiger partial charge on any atom is 0.333 e. The van der Waals surface area contributed by atoms with E-state index >= 15 is 0 Å². The Bertz CT molecular complexity index is 148. The maximum absolute atomic E-state index is 10.6. The number of carbonyl (C=O) groups excluding carboxylic acids is 1. The lowest BCUT2D eigenvalue weighted by atomic mass is 10.5. The van der Waals surface area contributed by atoms with Crippen LogP contribution in [0.3, 0.4) is 0 Å². The van der Waals surface area contributed by atoms with E-state index in [0.29, 0.717) is 0 Å². The molecule has 58 valence electrons. The van der Waals surface area contributed by atoms with Gasteiger partial charge in [-0.2, -0.15) is 0 Å². The molecule has 0 aliphatic rings. The van der Waals surface area contributed by atoms with Crippen LogP contribution in [0.15, 0.2) is 10.6 Å². The van der Waals surface area contributed by atoms with Crippen molar-refractivity contribution in [3.8, 4) is 0 Å². The summed E-state index contributed by atoms with van der Waals surface area (Å²) in [6, 6.07) is 0. The van der Waals surface area contributed by atoms with E-state index in [0.717, 1.165) is 6.08 Å². The van der Waals surface area contributed by atoms with E-state index in [-0.39, 0.29) is 10.6 Å². The average molecular weight is 183 g/mol. The minimum Gasteiger partial charge on any atom is -0.460 e. The summed E-state index contributed by atoms with van der Waals surface area (Å²) in [5.74, 6) is -0.519. The summed E-state index contributed by atoms with van der Waals surface area (Å²) < 4.78 is 4.58. The van der Waals surface area contributed by atoms with E-state index in [1.165, 1.54) is 0 Å². The van der Waals surface area contributed by atoms with Crippen LogP contribution in [0.2, 0.25) is 0 Å². The van der Waals surface area contributed by atoms with Gasteiger partial charge in [0.05, 0.1) is 12.2 Å². The van der Waals surface area contributed by atoms with Crippen molar-refractivity contribution in [2.24, 2.45) is 0 Å². The molecule has 4 heteroatoms. The quantitative estimate of drug-likeness (QED) is 0.484. The number of esters is 1. The molecule has 0 saturated heterocycles. The maximum atomic E-state index is 10.6. The molecule has 2 nitrogen and oxygen atoms in total. The van der Waals surface area contributed by atoms with E-state index in [1.807, 2.05) is 0 Å². The second kappa shape index (κ2) is 4.58. The van der Waals surface area contributed by atoms with Crippen molar-refractivity contribution in [1.82, 2.24) is 0 Å². The predicted octanol–water partition coefficient (Wildman–Crippen LogP) is 2.26. The normalized spacial score (nSPS) is 9.30. The van der Waals surface area contributed by atoms with Gasteiger partial charge in [-0.25, -0.2) is 4.79 Å². The van der Waals surface area contributed by atoms with Crippen LogP contribution in [-0.2, 0) is 9.53 Å². The molecular weight excluding hydrogens is 175 g/mol. The summed E-state index contributed by atoms with van der Waals surface area (Å²) in [5, 5.41) is 0. The van der Waals surface area contributed by atoms with Crippen LogP contribution in [0.4, 0.5) is 0 Å². The molecule has 10 heavy (non-hydrogen) atoms. The fourth-order valence-corrected chi connectivity index (χ4v) is 0.534. The van der Waals surface area contributed by atoms with E-state index < -0.39 is 5.97 Å². The molecule has 0 fully saturated rings. The molecule has 0 N–H and O–H groups in total. The van der Waals surface area contributed by atoms with Crippen LogP contribution in [0, 0.1) is 0 Å². The van der Waals surface area contributed by atoms with Crippen LogP contribution in [0.5, 0.6) is 0 Å². The van der Waals surface area contributed by atoms with Crippen molar-refractivity contribution in [2.75, 3.05) is 0 Å². The largest absolute Gasteiger partial charge is 0.460 e. The molecular formula is C6H8Cl2O2. The van der Waals surface area contributed by atoms with Gasteiger partial charge in [0.15, 0.2) is 0 Å². The standard InChI is InChI=1S/C6H8Cl2O2/c1-4(2)10-6(9)3-5(7)8/h3-4H,1-2H3. The van der Waals surface area contributed by atoms with Crippen LogP contribution < -0.4 is 0 Å². The van der Waals surface area contributed by atoms with Crippen LogP contribution in [0.25, 0.3) is 0 Å². The first kappa shape index (κ1) is 9.79. The highest BCUT2D eigenvalue weighted by Gasteiger charge is 2.00. The van der Waals surface area contributed by atoms with Crippen molar-refractivity contribution in [1.29, 1.82) is 0 Å². The van der Waals surface area contributed by atoms with Crippen molar-refractivity contribution < 1.29 is 9.53 Å². The molecule has 0 aromatic rings. The summed E-state index contributed by atoms with van der Waals surface area (Å²) in [6.07, 6.45) is 0.875. The molecule has 0 bridgehead atoms. The summed E-state index contributed by atoms with van der Waals surface area (Å²) in [6.45, 7) is 3.49. The molecule has 0 rings (SSSR count). The zero-order valence-electron chi connectivity index (χ0n) is 5.73. The van der Waals surface area contributed by atoms with Crippen molar-refractivity contribution >= 4 is 29.2 Å². The second-order valence-corrected chi connectivity index (χ2v) is 2.93. The lowest BCUT2D eigenvalue weighted by molar-refractivity contribution is -0.141. The van der Waals surface area contributed by atoms with Crippen LogP contribution in [-0.4, -0.2) is 12.1 Å². The van der Waals surface area contributed by atoms with Crippen molar-refractivity contribution in [3.63, 3.8) is 0 Å². The third kappa shape index (κ3) is 5.92. The van der Waals surface area contributed by atoms with E-state index in [1.54, 1.807) is 13.8 Å². The third-order valence-corrected chi connectivity index (χ3v) is 0.797. The second-order valence-electron chi connectivity index (χ2n) is 1.92. The molecule has 0 amide bonds. The third-order valence-electron chi connectivity index (χ3n) is 0.579. The number of halogens is 2. The zero-order valence-corrected chi connectivity index (χ0v) is 7.24. The average Bonchev–Trinajstić information content (AvgIpc) is 1.58. The Morgan fingerprint density at radius 2 is 2.00 bits per heavy atom. The van der Waals surface area contributed by atoms with Crippen molar-refractivity contribution in [2.45, 2.75) is 20.0 Å². The van der Waals surface area contributed by atoms with Gasteiger partial charge in [-0.15, -0.1) is 0 Å². The van der Waals surface area contributed by atoms with Gasteiger partial charge in [0.1, 0.15) is 4.49 Å². The lowest BCUT2D eigenvalue weighted by Crippen LogP contribution is -2.08. The smallest absolute Gasteiger partial charge is 0.333 e. The van der Waals surface area contributed by atoms with E-state index in [2.05, 4.69) is 4.74 Å². The molecule has 0 atom stereocenters. The number of hydrogen-bond donors (Lipinski definition) is 0. The highest BCUT2D eigenvalue weighted by Crippen LogP contribution is 2.06. The number of rotatable bonds is 2. The topological polar surface area (TPSA) is 26.3 Å². The summed E-state index contributed by atoms with van der Waals surface area (Å²) >= 11 is 10.4. The van der Waals surface area contributed by atoms with Gasteiger partial charge in [-0.1, -0.05) is 23.2 Å². The molecule has 0 saturated carbocycles. The van der Waals surface area contributed by atoms with Crippen LogP contribution in [0.1, 0.15) is 13.8 Å². The Morgan fingerprint density at radius 3 is 2.30 bits per heavy atom. The minimum absolute atomic E-state index is 0.0920. The number of ether oxygens (including phenoxy) is 1. The molecule has 0 unspecified atom stereocenters. The molecule has 0 aromatic carbocycles. The highest BCUT2D eigenvalue weighted by molar-refractivity contribution is 6.56. The van der Waals surface area contributed by atoms with Gasteiger partial charge < -0.3 is 4.74 Å². The first-order valence-electron chi connectivity index (χ1n) is 2.75. The van der Waals surface area contributed by atoms with E-state index in [9.17, 15) is 4.79 Å². The molecule has 0 heterocycles. The molecule has 0 radical (unpaired) electrons. The number of carbonyl (C=O) groups is 1. The Kier molecular flexibility index (Phi) is 4.49. The number of hydrogen-bond acceptors (Lipinski definition) is 2. The fourth-order valence-electron chi connectivity index (χ4n) is 0.355. The monoisotopic (exact) mass is 182 g/mol. The summed E-state index contributed by atoms with van der Waals surface area (Å²) in [5.41, 5.74) is 0. The highest BCUT2D eigenvalue weighted by atomic mass is 35.5. The Hall–Kier alpha value is -0.210. The van der Waals surface area contributed by atoms with Gasteiger partial charge in [0.25, 0.3) is 0 Å². The lowest BCUT2D eigenvalue weighted by Gasteiger charge is -2.03. The fraction of sp³-hybridized carbons (Fsp3) is 0.500. The first-order valence-corrected chi connectivity index (χ1v) is 3.51. The molecule has 0 aromatic heterocycles. The molecule has 0 spiro atoms. The first-order chi connectivity index (χ1) is 4.52. The van der Waals surface area contributed by atoms with Gasteiger partial charge >= 0.3 is 5.97 Å². The van der Waals surface area contributed by atoms with Gasteiger partial charge in [-0.3, -0.25) is 0 Å². The Labute approximate surface area is 69.8 Å². The SMILES string of the molecule is CC(C)OC(=O)C=C(Cl)Cl. The van der Waals surface area contributed by atoms with Gasteiger partial charge in [0, 0.05) is 0 Å². The molecule has 0 aliphatic carbocycles. The molecule has 0 aliphatic heterocycles. The van der Waals surface area contributed by atoms with Gasteiger partial charge in [-0.05, 0) is 13.8 Å².